The normalized spacial score (nSPS) is 25.8. The summed E-state index contributed by atoms with van der Waals surface area (Å²) in [7, 11) is 0. The monoisotopic (exact) mass is 383 g/mol. The van der Waals surface area contributed by atoms with Crippen LogP contribution < -0.4 is 19.5 Å². The van der Waals surface area contributed by atoms with E-state index in [1.54, 1.807) is 0 Å². The molecular formula is C21H25N3O4. The van der Waals surface area contributed by atoms with E-state index in [1.165, 1.54) is 0 Å². The Bertz CT molecular complexity index is 857. The highest BCUT2D eigenvalue weighted by Crippen LogP contribution is 2.36. The molecule has 1 saturated carbocycles. The van der Waals surface area contributed by atoms with Crippen LogP contribution in [0.25, 0.3) is 0 Å². The molecule has 7 nitrogen and oxygen atoms in total. The zero-order chi connectivity index (χ0) is 18.9. The Labute approximate surface area is 164 Å². The van der Waals surface area contributed by atoms with Crippen LogP contribution in [-0.2, 0) is 17.8 Å². The Hall–Kier alpha value is -2.70. The predicted molar refractivity (Wildman–Crippen MR) is 101 cm³/mol. The fourth-order valence-electron chi connectivity index (χ4n) is 4.38. The lowest BCUT2D eigenvalue weighted by Gasteiger charge is -2.31. The van der Waals surface area contributed by atoms with E-state index in [9.17, 15) is 4.79 Å². The minimum atomic E-state index is 0.0619. The minimum Gasteiger partial charge on any atom is -0.490 e. The molecule has 1 fully saturated rings. The van der Waals surface area contributed by atoms with Gasteiger partial charge in [-0.25, -0.2) is 0 Å². The number of carbonyl (C=O) groups excluding carboxylic acids is 1. The molecule has 148 valence electrons. The first-order valence-corrected chi connectivity index (χ1v) is 10.1. The third-order valence-corrected chi connectivity index (χ3v) is 5.99. The third kappa shape index (κ3) is 3.53. The van der Waals surface area contributed by atoms with Crippen LogP contribution in [0.5, 0.6) is 17.2 Å². The van der Waals surface area contributed by atoms with Gasteiger partial charge in [-0.2, -0.15) is 5.10 Å². The molecule has 1 atom stereocenters. The Morgan fingerprint density at radius 2 is 1.96 bits per heavy atom. The van der Waals surface area contributed by atoms with E-state index in [0.29, 0.717) is 0 Å². The highest BCUT2D eigenvalue weighted by Gasteiger charge is 2.29. The highest BCUT2D eigenvalue weighted by atomic mass is 16.7. The predicted octanol–water partition coefficient (Wildman–Crippen LogP) is 2.68. The van der Waals surface area contributed by atoms with Gasteiger partial charge < -0.3 is 19.5 Å². The number of aryl methyl sites for hydroxylation is 1. The van der Waals surface area contributed by atoms with Crippen molar-refractivity contribution >= 4 is 5.91 Å². The van der Waals surface area contributed by atoms with E-state index >= 15 is 0 Å². The van der Waals surface area contributed by atoms with Gasteiger partial charge in [0.15, 0.2) is 11.5 Å². The molecule has 1 aliphatic carbocycles. The third-order valence-electron chi connectivity index (χ3n) is 5.99. The molecule has 0 spiro atoms. The number of carbonyl (C=O) groups is 1. The summed E-state index contributed by atoms with van der Waals surface area (Å²) in [6, 6.07) is 7.97. The van der Waals surface area contributed by atoms with E-state index in [4.69, 9.17) is 14.2 Å². The molecule has 28 heavy (non-hydrogen) atoms. The standard InChI is InChI=1S/C21H25N3O4/c25-21(14-8-10-24-16(11-14)7-9-22-24)23-15-1-3-17(4-2-15)28-18-5-6-19-20(12-18)27-13-26-19/h5-7,9,12,14-15,17H,1-4,8,10-11,13H2,(H,23,25). The van der Waals surface area contributed by atoms with Crippen molar-refractivity contribution in [2.24, 2.45) is 5.92 Å². The molecule has 3 aliphatic rings. The van der Waals surface area contributed by atoms with Crippen LogP contribution in [0, 0.1) is 5.92 Å². The molecule has 1 N–H and O–H groups in total. The summed E-state index contributed by atoms with van der Waals surface area (Å²) >= 11 is 0. The molecule has 0 radical (unpaired) electrons. The van der Waals surface area contributed by atoms with Crippen LogP contribution in [-0.4, -0.2) is 34.6 Å². The van der Waals surface area contributed by atoms with Gasteiger partial charge in [0.05, 0.1) is 6.10 Å². The number of benzene rings is 1. The van der Waals surface area contributed by atoms with Gasteiger partial charge in [-0.05, 0) is 50.3 Å². The Morgan fingerprint density at radius 1 is 1.11 bits per heavy atom. The maximum Gasteiger partial charge on any atom is 0.231 e. The average Bonchev–Trinajstić information content (AvgIpc) is 3.37. The maximum absolute atomic E-state index is 12.7. The number of aromatic nitrogens is 2. The molecule has 2 aliphatic heterocycles. The van der Waals surface area contributed by atoms with Crippen LogP contribution in [0.4, 0.5) is 0 Å². The molecule has 5 rings (SSSR count). The summed E-state index contributed by atoms with van der Waals surface area (Å²) in [6.07, 6.45) is 7.43. The largest absolute Gasteiger partial charge is 0.490 e. The minimum absolute atomic E-state index is 0.0619. The summed E-state index contributed by atoms with van der Waals surface area (Å²) in [4.78, 5) is 12.7. The van der Waals surface area contributed by atoms with Crippen molar-refractivity contribution in [2.45, 2.75) is 57.2 Å². The zero-order valence-corrected chi connectivity index (χ0v) is 15.8. The van der Waals surface area contributed by atoms with Crippen molar-refractivity contribution < 1.29 is 19.0 Å². The topological polar surface area (TPSA) is 74.6 Å². The molecule has 1 aromatic heterocycles. The molecule has 3 heterocycles. The van der Waals surface area contributed by atoms with Gasteiger partial charge in [0.1, 0.15) is 5.75 Å². The van der Waals surface area contributed by atoms with Gasteiger partial charge in [-0.1, -0.05) is 0 Å². The van der Waals surface area contributed by atoms with Crippen molar-refractivity contribution in [3.05, 3.63) is 36.2 Å². The number of ether oxygens (including phenoxy) is 3. The fraction of sp³-hybridized carbons (Fsp3) is 0.524. The SMILES string of the molecule is O=C(NC1CCC(Oc2ccc3c(c2)OCO3)CC1)C1CCn2nccc2C1. The maximum atomic E-state index is 12.7. The lowest BCUT2D eigenvalue weighted by molar-refractivity contribution is -0.126. The lowest BCUT2D eigenvalue weighted by atomic mass is 9.90. The van der Waals surface area contributed by atoms with E-state index in [2.05, 4.69) is 10.4 Å². The summed E-state index contributed by atoms with van der Waals surface area (Å²) in [6.45, 7) is 1.10. The Balaban J connectivity index is 1.10. The number of amides is 1. The van der Waals surface area contributed by atoms with Crippen LogP contribution in [0.3, 0.4) is 0 Å². The lowest BCUT2D eigenvalue weighted by Crippen LogP contribution is -2.44. The van der Waals surface area contributed by atoms with E-state index in [-0.39, 0.29) is 30.8 Å². The number of rotatable bonds is 4. The van der Waals surface area contributed by atoms with Gasteiger partial charge >= 0.3 is 0 Å². The Morgan fingerprint density at radius 3 is 2.86 bits per heavy atom. The van der Waals surface area contributed by atoms with Crippen molar-refractivity contribution in [2.75, 3.05) is 6.79 Å². The molecule has 0 bridgehead atoms. The van der Waals surface area contributed by atoms with Crippen molar-refractivity contribution in [1.29, 1.82) is 0 Å². The summed E-state index contributed by atoms with van der Waals surface area (Å²) in [5.74, 6) is 2.58. The number of hydrogen-bond acceptors (Lipinski definition) is 5. The smallest absolute Gasteiger partial charge is 0.231 e. The van der Waals surface area contributed by atoms with Crippen molar-refractivity contribution in [3.63, 3.8) is 0 Å². The van der Waals surface area contributed by atoms with Crippen molar-refractivity contribution in [1.82, 2.24) is 15.1 Å². The number of fused-ring (bicyclic) bond motifs is 2. The number of nitrogens with zero attached hydrogens (tertiary/aromatic N) is 2. The molecule has 1 unspecified atom stereocenters. The second-order valence-corrected chi connectivity index (χ2v) is 7.85. The first-order valence-electron chi connectivity index (χ1n) is 10.1. The first kappa shape index (κ1) is 17.4. The van der Waals surface area contributed by atoms with Gasteiger partial charge in [0.2, 0.25) is 12.7 Å². The second kappa shape index (κ2) is 7.37. The zero-order valence-electron chi connectivity index (χ0n) is 15.8. The molecule has 1 aromatic carbocycles. The summed E-state index contributed by atoms with van der Waals surface area (Å²) in [5.41, 5.74) is 1.16. The Kier molecular flexibility index (Phi) is 4.58. The van der Waals surface area contributed by atoms with E-state index in [1.807, 2.05) is 35.1 Å². The second-order valence-electron chi connectivity index (χ2n) is 7.85. The van der Waals surface area contributed by atoms with Gasteiger partial charge in [-0.3, -0.25) is 9.48 Å². The highest BCUT2D eigenvalue weighted by molar-refractivity contribution is 5.79. The summed E-state index contributed by atoms with van der Waals surface area (Å²) in [5, 5.41) is 7.55. The van der Waals surface area contributed by atoms with Crippen LogP contribution >= 0.6 is 0 Å². The average molecular weight is 383 g/mol. The molecule has 1 amide bonds. The van der Waals surface area contributed by atoms with Crippen molar-refractivity contribution in [3.8, 4) is 17.2 Å². The van der Waals surface area contributed by atoms with E-state index in [0.717, 1.165) is 68.0 Å². The van der Waals surface area contributed by atoms with Gasteiger partial charge in [-0.15, -0.1) is 0 Å². The van der Waals surface area contributed by atoms with Crippen LogP contribution in [0.15, 0.2) is 30.5 Å². The summed E-state index contributed by atoms with van der Waals surface area (Å²) < 4.78 is 18.9. The first-order chi connectivity index (χ1) is 13.7. The van der Waals surface area contributed by atoms with Gasteiger partial charge in [0.25, 0.3) is 0 Å². The van der Waals surface area contributed by atoms with E-state index < -0.39 is 0 Å². The van der Waals surface area contributed by atoms with Gasteiger partial charge in [0, 0.05) is 42.9 Å². The van der Waals surface area contributed by atoms with Crippen LogP contribution in [0.1, 0.15) is 37.8 Å². The molecule has 2 aromatic rings. The van der Waals surface area contributed by atoms with Crippen LogP contribution in [0.2, 0.25) is 0 Å². The molecular weight excluding hydrogens is 358 g/mol. The molecule has 7 heteroatoms. The molecule has 0 saturated heterocycles. The number of nitrogens with one attached hydrogen (secondary N) is 1. The quantitative estimate of drug-likeness (QED) is 0.879. The number of hydrogen-bond donors (Lipinski definition) is 1. The fourth-order valence-corrected chi connectivity index (χ4v) is 4.38.